The van der Waals surface area contributed by atoms with Crippen molar-refractivity contribution in [2.45, 2.75) is 91.7 Å². The van der Waals surface area contributed by atoms with Crippen molar-refractivity contribution in [1.29, 1.82) is 0 Å². The van der Waals surface area contributed by atoms with Gasteiger partial charge in [0.05, 0.1) is 18.2 Å². The molecule has 0 spiro atoms. The van der Waals surface area contributed by atoms with E-state index in [-0.39, 0.29) is 42.0 Å². The van der Waals surface area contributed by atoms with Crippen LogP contribution in [-0.4, -0.2) is 77.9 Å². The first kappa shape index (κ1) is 23.9. The van der Waals surface area contributed by atoms with Crippen LogP contribution >= 0.6 is 0 Å². The quantitative estimate of drug-likeness (QED) is 0.753. The minimum Gasteiger partial charge on any atom is -0.444 e. The van der Waals surface area contributed by atoms with Gasteiger partial charge in [0, 0.05) is 32.2 Å². The Morgan fingerprint density at radius 1 is 1.07 bits per heavy atom. The minimum absolute atomic E-state index is 0.0384. The van der Waals surface area contributed by atoms with Gasteiger partial charge in [0.1, 0.15) is 5.60 Å². The fourth-order valence-electron chi connectivity index (χ4n) is 4.50. The van der Waals surface area contributed by atoms with Crippen LogP contribution in [0.5, 0.6) is 0 Å². The first-order valence-corrected chi connectivity index (χ1v) is 11.0. The zero-order valence-electron chi connectivity index (χ0n) is 19.5. The Balaban J connectivity index is 1.96. The molecule has 2 rings (SSSR count). The number of rotatable bonds is 5. The number of carbonyl (C=O) groups excluding carboxylic acids is 2. The molecule has 2 aliphatic heterocycles. The van der Waals surface area contributed by atoms with E-state index in [1.54, 1.807) is 0 Å². The third-order valence-corrected chi connectivity index (χ3v) is 5.71. The molecule has 0 aromatic carbocycles. The molecule has 0 aliphatic carbocycles. The molecule has 2 amide bonds. The molecule has 7 nitrogen and oxygen atoms in total. The lowest BCUT2D eigenvalue weighted by Gasteiger charge is -2.42. The van der Waals surface area contributed by atoms with Crippen LogP contribution in [0.4, 0.5) is 4.79 Å². The van der Waals surface area contributed by atoms with Gasteiger partial charge in [-0.2, -0.15) is 0 Å². The topological polar surface area (TPSA) is 71.1 Å². The van der Waals surface area contributed by atoms with Gasteiger partial charge in [0.15, 0.2) is 0 Å². The summed E-state index contributed by atoms with van der Waals surface area (Å²) >= 11 is 0. The predicted molar refractivity (Wildman–Crippen MR) is 114 cm³/mol. The molecule has 2 aliphatic rings. The maximum atomic E-state index is 13.4. The smallest absolute Gasteiger partial charge is 0.407 e. The number of morpholine rings is 1. The van der Waals surface area contributed by atoms with E-state index in [1.165, 1.54) is 0 Å². The van der Waals surface area contributed by atoms with Crippen molar-refractivity contribution < 1.29 is 19.1 Å². The third kappa shape index (κ3) is 6.85. The Hall–Kier alpha value is -1.34. The number of amides is 2. The highest BCUT2D eigenvalue weighted by atomic mass is 16.6. The standard InChI is InChI=1S/C22H41N3O4/c1-14(2)19(25-11-15(3)28-16(4)12-25)20(26)24-10-9-18(13-24)17(5)23-21(27)29-22(6,7)8/h14-19H,9-13H2,1-8H3,(H,23,27)/t15-,16-,17+,18+,19+/m1/s1. The van der Waals surface area contributed by atoms with E-state index in [9.17, 15) is 9.59 Å². The van der Waals surface area contributed by atoms with E-state index in [1.807, 2.05) is 32.6 Å². The summed E-state index contributed by atoms with van der Waals surface area (Å²) in [7, 11) is 0. The summed E-state index contributed by atoms with van der Waals surface area (Å²) in [5.74, 6) is 0.673. The molecule has 5 atom stereocenters. The van der Waals surface area contributed by atoms with Gasteiger partial charge in [-0.3, -0.25) is 9.69 Å². The average Bonchev–Trinajstić information content (AvgIpc) is 3.01. The third-order valence-electron chi connectivity index (χ3n) is 5.71. The summed E-state index contributed by atoms with van der Waals surface area (Å²) in [5, 5.41) is 2.94. The molecular weight excluding hydrogens is 370 g/mol. The molecule has 2 fully saturated rings. The highest BCUT2D eigenvalue weighted by Crippen LogP contribution is 2.25. The molecule has 0 aromatic heterocycles. The SMILES string of the molecule is CC(C)[C@@H](C(=O)N1CC[C@H]([C@H](C)NC(=O)OC(C)(C)C)C1)N1C[C@@H](C)O[C@H](C)C1. The van der Waals surface area contributed by atoms with Crippen molar-refractivity contribution in [2.24, 2.45) is 11.8 Å². The number of hydrogen-bond acceptors (Lipinski definition) is 5. The summed E-state index contributed by atoms with van der Waals surface area (Å²) in [5.41, 5.74) is -0.515. The van der Waals surface area contributed by atoms with Crippen LogP contribution < -0.4 is 5.32 Å². The fourth-order valence-corrected chi connectivity index (χ4v) is 4.50. The minimum atomic E-state index is -0.515. The molecule has 0 radical (unpaired) electrons. The van der Waals surface area contributed by atoms with E-state index in [4.69, 9.17) is 9.47 Å². The molecule has 0 saturated carbocycles. The lowest BCUT2D eigenvalue weighted by molar-refractivity contribution is -0.144. The van der Waals surface area contributed by atoms with Crippen LogP contribution in [0, 0.1) is 11.8 Å². The molecule has 0 unspecified atom stereocenters. The van der Waals surface area contributed by atoms with Gasteiger partial charge in [-0.05, 0) is 59.8 Å². The Morgan fingerprint density at radius 3 is 2.17 bits per heavy atom. The van der Waals surface area contributed by atoms with Gasteiger partial charge in [-0.15, -0.1) is 0 Å². The molecule has 29 heavy (non-hydrogen) atoms. The summed E-state index contributed by atoms with van der Waals surface area (Å²) in [6.07, 6.45) is 0.768. The molecular formula is C22H41N3O4. The molecule has 0 aromatic rings. The summed E-state index contributed by atoms with van der Waals surface area (Å²) < 4.78 is 11.2. The second-order valence-corrected chi connectivity index (χ2v) is 10.2. The average molecular weight is 412 g/mol. The number of ether oxygens (including phenoxy) is 2. The number of nitrogens with zero attached hydrogens (tertiary/aromatic N) is 2. The molecule has 7 heteroatoms. The van der Waals surface area contributed by atoms with Crippen molar-refractivity contribution in [3.05, 3.63) is 0 Å². The van der Waals surface area contributed by atoms with Gasteiger partial charge in [0.2, 0.25) is 5.91 Å². The van der Waals surface area contributed by atoms with E-state index in [2.05, 4.69) is 37.9 Å². The second kappa shape index (κ2) is 9.65. The monoisotopic (exact) mass is 411 g/mol. The fraction of sp³-hybridized carbons (Fsp3) is 0.909. The highest BCUT2D eigenvalue weighted by molar-refractivity contribution is 5.82. The molecule has 0 bridgehead atoms. The van der Waals surface area contributed by atoms with Crippen LogP contribution in [0.3, 0.4) is 0 Å². The summed E-state index contributed by atoms with van der Waals surface area (Å²) in [6.45, 7) is 18.9. The number of hydrogen-bond donors (Lipinski definition) is 1. The second-order valence-electron chi connectivity index (χ2n) is 10.2. The van der Waals surface area contributed by atoms with Gasteiger partial charge >= 0.3 is 6.09 Å². The van der Waals surface area contributed by atoms with Crippen molar-refractivity contribution >= 4 is 12.0 Å². The van der Waals surface area contributed by atoms with Crippen LogP contribution in [0.15, 0.2) is 0 Å². The molecule has 168 valence electrons. The normalized spacial score (nSPS) is 28.3. The van der Waals surface area contributed by atoms with Gasteiger partial charge in [-0.25, -0.2) is 4.79 Å². The van der Waals surface area contributed by atoms with E-state index in [0.717, 1.165) is 26.1 Å². The first-order valence-electron chi connectivity index (χ1n) is 11.0. The van der Waals surface area contributed by atoms with Crippen LogP contribution in [-0.2, 0) is 14.3 Å². The van der Waals surface area contributed by atoms with E-state index in [0.29, 0.717) is 6.54 Å². The Morgan fingerprint density at radius 2 is 1.66 bits per heavy atom. The van der Waals surface area contributed by atoms with Gasteiger partial charge in [0.25, 0.3) is 0 Å². The molecule has 1 N–H and O–H groups in total. The number of nitrogens with one attached hydrogen (secondary N) is 1. The lowest BCUT2D eigenvalue weighted by atomic mass is 9.98. The summed E-state index contributed by atoms with van der Waals surface area (Å²) in [6, 6.07) is -0.166. The lowest BCUT2D eigenvalue weighted by Crippen LogP contribution is -2.57. The Labute approximate surface area is 176 Å². The number of carbonyl (C=O) groups is 2. The number of alkyl carbamates (subject to hydrolysis) is 1. The Bertz CT molecular complexity index is 565. The van der Waals surface area contributed by atoms with E-state index < -0.39 is 11.7 Å². The maximum Gasteiger partial charge on any atom is 0.407 e. The van der Waals surface area contributed by atoms with Crippen molar-refractivity contribution in [2.75, 3.05) is 26.2 Å². The zero-order valence-corrected chi connectivity index (χ0v) is 19.5. The largest absolute Gasteiger partial charge is 0.444 e. The maximum absolute atomic E-state index is 13.4. The first-order chi connectivity index (χ1) is 13.4. The zero-order chi connectivity index (χ0) is 21.9. The summed E-state index contributed by atoms with van der Waals surface area (Å²) in [4.78, 5) is 29.8. The predicted octanol–water partition coefficient (Wildman–Crippen LogP) is 2.88. The van der Waals surface area contributed by atoms with Crippen molar-refractivity contribution in [3.8, 4) is 0 Å². The van der Waals surface area contributed by atoms with Gasteiger partial charge < -0.3 is 19.7 Å². The number of likely N-dealkylation sites (tertiary alicyclic amines) is 1. The highest BCUT2D eigenvalue weighted by Gasteiger charge is 2.39. The van der Waals surface area contributed by atoms with Crippen molar-refractivity contribution in [1.82, 2.24) is 15.1 Å². The van der Waals surface area contributed by atoms with E-state index >= 15 is 0 Å². The molecule has 2 saturated heterocycles. The Kier molecular flexibility index (Phi) is 7.96. The van der Waals surface area contributed by atoms with Gasteiger partial charge in [-0.1, -0.05) is 13.8 Å². The van der Waals surface area contributed by atoms with Crippen LogP contribution in [0.1, 0.15) is 61.8 Å². The van der Waals surface area contributed by atoms with Crippen LogP contribution in [0.2, 0.25) is 0 Å². The van der Waals surface area contributed by atoms with Crippen LogP contribution in [0.25, 0.3) is 0 Å². The molecule has 2 heterocycles. The van der Waals surface area contributed by atoms with Crippen molar-refractivity contribution in [3.63, 3.8) is 0 Å².